The maximum Gasteiger partial charge on any atom is 0.452 e. The van der Waals surface area contributed by atoms with Crippen LogP contribution in [0.4, 0.5) is 30.7 Å². The van der Waals surface area contributed by atoms with Crippen molar-refractivity contribution in [1.29, 1.82) is 0 Å². The van der Waals surface area contributed by atoms with Gasteiger partial charge in [0.25, 0.3) is 0 Å². The zero-order valence-corrected chi connectivity index (χ0v) is 8.15. The van der Waals surface area contributed by atoms with E-state index in [1.165, 1.54) is 0 Å². The van der Waals surface area contributed by atoms with E-state index in [2.05, 4.69) is 4.74 Å². The molecule has 4 nitrogen and oxygen atoms in total. The van der Waals surface area contributed by atoms with Gasteiger partial charge in [0.2, 0.25) is 0 Å². The minimum Gasteiger partial charge on any atom is -0.424 e. The molecule has 1 fully saturated rings. The van der Waals surface area contributed by atoms with Gasteiger partial charge < -0.3 is 4.74 Å². The Morgan fingerprint density at radius 2 is 1.67 bits per heavy atom. The fraction of sp³-hybridized carbons (Fsp3) is 0.714. The highest BCUT2D eigenvalue weighted by Gasteiger charge is 2.78. The van der Waals surface area contributed by atoms with E-state index in [1.54, 1.807) is 0 Å². The predicted octanol–water partition coefficient (Wildman–Crippen LogP) is 1.21. The van der Waals surface area contributed by atoms with Crippen LogP contribution in [0.5, 0.6) is 0 Å². The number of esters is 1. The molecule has 1 aliphatic heterocycles. The molecule has 1 heterocycles. The zero-order chi connectivity index (χ0) is 14.4. The second-order valence-electron chi connectivity index (χ2n) is 3.35. The van der Waals surface area contributed by atoms with E-state index < -0.39 is 42.5 Å². The molecular formula is C7H4F7NO3. The van der Waals surface area contributed by atoms with E-state index >= 15 is 0 Å². The SMILES string of the molecule is O=C(F)C[C@@H]1NC(C(F)(F)F)(C(F)(F)F)OC1=O. The van der Waals surface area contributed by atoms with Gasteiger partial charge in [0.15, 0.2) is 0 Å². The van der Waals surface area contributed by atoms with Gasteiger partial charge in [-0.1, -0.05) is 0 Å². The summed E-state index contributed by atoms with van der Waals surface area (Å²) in [5.41, 5.74) is -4.92. The summed E-state index contributed by atoms with van der Waals surface area (Å²) < 4.78 is 89.3. The fourth-order valence-corrected chi connectivity index (χ4v) is 1.29. The molecule has 104 valence electrons. The molecule has 0 saturated carbocycles. The monoisotopic (exact) mass is 283 g/mol. The van der Waals surface area contributed by atoms with Crippen LogP contribution in [0.2, 0.25) is 0 Å². The third-order valence-corrected chi connectivity index (χ3v) is 2.08. The van der Waals surface area contributed by atoms with Gasteiger partial charge in [0.05, 0.1) is 6.42 Å². The van der Waals surface area contributed by atoms with Crippen LogP contribution in [-0.2, 0) is 14.3 Å². The maximum atomic E-state index is 12.4. The molecule has 0 unspecified atom stereocenters. The highest BCUT2D eigenvalue weighted by molar-refractivity contribution is 5.84. The second-order valence-corrected chi connectivity index (χ2v) is 3.35. The summed E-state index contributed by atoms with van der Waals surface area (Å²) in [6.45, 7) is 0. The highest BCUT2D eigenvalue weighted by Crippen LogP contribution is 2.46. The first kappa shape index (κ1) is 14.7. The number of halogens is 7. The van der Waals surface area contributed by atoms with E-state index in [1.807, 2.05) is 0 Å². The second kappa shape index (κ2) is 4.07. The molecule has 1 aliphatic rings. The summed E-state index contributed by atoms with van der Waals surface area (Å²) in [7, 11) is 0. The minimum absolute atomic E-state index is 0.783. The molecule has 0 amide bonds. The van der Waals surface area contributed by atoms with E-state index in [9.17, 15) is 40.3 Å². The average molecular weight is 283 g/mol. The average Bonchev–Trinajstić information content (AvgIpc) is 2.41. The largest absolute Gasteiger partial charge is 0.452 e. The van der Waals surface area contributed by atoms with Crippen molar-refractivity contribution in [3.8, 4) is 0 Å². The Morgan fingerprint density at radius 3 is 1.94 bits per heavy atom. The zero-order valence-electron chi connectivity index (χ0n) is 8.15. The van der Waals surface area contributed by atoms with Crippen LogP contribution in [0, 0.1) is 0 Å². The summed E-state index contributed by atoms with van der Waals surface area (Å²) in [4.78, 5) is 20.8. The maximum absolute atomic E-state index is 12.4. The molecule has 1 rings (SSSR count). The molecule has 0 aromatic heterocycles. The van der Waals surface area contributed by atoms with Crippen molar-refractivity contribution in [2.75, 3.05) is 0 Å². The lowest BCUT2D eigenvalue weighted by molar-refractivity contribution is -0.369. The smallest absolute Gasteiger partial charge is 0.424 e. The van der Waals surface area contributed by atoms with Crippen molar-refractivity contribution < 1.29 is 45.1 Å². The molecule has 0 bridgehead atoms. The minimum atomic E-state index is -6.00. The molecule has 1 N–H and O–H groups in total. The van der Waals surface area contributed by atoms with Crippen molar-refractivity contribution in [2.24, 2.45) is 0 Å². The van der Waals surface area contributed by atoms with Gasteiger partial charge in [-0.25, -0.2) is 0 Å². The first-order valence-electron chi connectivity index (χ1n) is 4.23. The summed E-state index contributed by atoms with van der Waals surface area (Å²) in [6, 6.07) is -4.59. The Balaban J connectivity index is 3.12. The first-order chi connectivity index (χ1) is 7.91. The van der Waals surface area contributed by atoms with E-state index in [-0.39, 0.29) is 0 Å². The molecule has 18 heavy (non-hydrogen) atoms. The quantitative estimate of drug-likeness (QED) is 0.470. The number of nitrogens with one attached hydrogen (secondary N) is 1. The molecule has 0 aromatic rings. The van der Waals surface area contributed by atoms with Crippen molar-refractivity contribution in [1.82, 2.24) is 5.32 Å². The van der Waals surface area contributed by atoms with E-state index in [0.717, 1.165) is 5.32 Å². The van der Waals surface area contributed by atoms with Gasteiger partial charge in [0, 0.05) is 0 Å². The van der Waals surface area contributed by atoms with Crippen LogP contribution in [0.3, 0.4) is 0 Å². The third-order valence-electron chi connectivity index (χ3n) is 2.08. The molecule has 0 aromatic carbocycles. The van der Waals surface area contributed by atoms with Crippen molar-refractivity contribution in [3.63, 3.8) is 0 Å². The topological polar surface area (TPSA) is 55.4 Å². The highest BCUT2D eigenvalue weighted by atomic mass is 19.4. The van der Waals surface area contributed by atoms with Gasteiger partial charge >= 0.3 is 30.1 Å². The Morgan fingerprint density at radius 1 is 1.22 bits per heavy atom. The Hall–Kier alpha value is -1.39. The Bertz CT molecular complexity index is 360. The fourth-order valence-electron chi connectivity index (χ4n) is 1.29. The van der Waals surface area contributed by atoms with Crippen molar-refractivity contribution in [2.45, 2.75) is 30.5 Å². The van der Waals surface area contributed by atoms with Gasteiger partial charge in [0.1, 0.15) is 6.04 Å². The van der Waals surface area contributed by atoms with Crippen LogP contribution in [0.25, 0.3) is 0 Å². The van der Waals surface area contributed by atoms with E-state index in [0.29, 0.717) is 0 Å². The van der Waals surface area contributed by atoms with E-state index in [4.69, 9.17) is 0 Å². The van der Waals surface area contributed by atoms with Gasteiger partial charge in [-0.2, -0.15) is 30.7 Å². The summed E-state index contributed by atoms with van der Waals surface area (Å²) in [6.07, 6.45) is -13.5. The standard InChI is InChI=1S/C7H4F7NO3/c8-3(16)1-2-4(17)18-5(15-2,6(9,10)11)7(12,13)14/h2,15H,1H2/t2-/m0/s1. The number of cyclic esters (lactones) is 1. The number of hydrogen-bond donors (Lipinski definition) is 1. The van der Waals surface area contributed by atoms with Gasteiger partial charge in [-0.15, -0.1) is 0 Å². The predicted molar refractivity (Wildman–Crippen MR) is 38.6 cm³/mol. The van der Waals surface area contributed by atoms with Crippen LogP contribution in [0.15, 0.2) is 0 Å². The van der Waals surface area contributed by atoms with Crippen LogP contribution in [-0.4, -0.2) is 36.1 Å². The third kappa shape index (κ3) is 2.26. The lowest BCUT2D eigenvalue weighted by Crippen LogP contribution is -2.65. The Labute approximate surface area is 94.1 Å². The molecule has 0 spiro atoms. The summed E-state index contributed by atoms with van der Waals surface area (Å²) in [5.74, 6) is -2.00. The summed E-state index contributed by atoms with van der Waals surface area (Å²) in [5, 5.41) is 0.783. The number of alkyl halides is 6. The number of ether oxygens (including phenoxy) is 1. The van der Waals surface area contributed by atoms with Crippen LogP contribution in [0.1, 0.15) is 6.42 Å². The van der Waals surface area contributed by atoms with Crippen LogP contribution >= 0.6 is 0 Å². The normalized spacial score (nSPS) is 23.9. The number of carbonyl (C=O) groups is 2. The Kier molecular flexibility index (Phi) is 3.32. The molecular weight excluding hydrogens is 279 g/mol. The number of carbonyl (C=O) groups excluding carboxylic acids is 2. The van der Waals surface area contributed by atoms with Crippen LogP contribution < -0.4 is 5.32 Å². The number of rotatable bonds is 2. The molecule has 0 radical (unpaired) electrons. The molecule has 1 saturated heterocycles. The lowest BCUT2D eigenvalue weighted by atomic mass is 10.1. The van der Waals surface area contributed by atoms with Gasteiger partial charge in [-0.05, 0) is 0 Å². The molecule has 1 atom stereocenters. The van der Waals surface area contributed by atoms with Gasteiger partial charge in [-0.3, -0.25) is 14.9 Å². The lowest BCUT2D eigenvalue weighted by Gasteiger charge is -2.31. The number of hydrogen-bond acceptors (Lipinski definition) is 4. The molecule has 11 heteroatoms. The van der Waals surface area contributed by atoms with Crippen molar-refractivity contribution in [3.05, 3.63) is 0 Å². The molecule has 0 aliphatic carbocycles. The summed E-state index contributed by atoms with van der Waals surface area (Å²) >= 11 is 0. The first-order valence-corrected chi connectivity index (χ1v) is 4.23. The van der Waals surface area contributed by atoms with Crippen molar-refractivity contribution >= 4 is 12.0 Å².